The molecular weight excluding hydrogens is 260 g/mol. The van der Waals surface area contributed by atoms with Crippen molar-refractivity contribution in [1.29, 1.82) is 0 Å². The van der Waals surface area contributed by atoms with E-state index in [9.17, 15) is 4.79 Å². The van der Waals surface area contributed by atoms with Crippen LogP contribution in [-0.4, -0.2) is 40.8 Å². The highest BCUT2D eigenvalue weighted by molar-refractivity contribution is 8.00. The number of nitrogens with one attached hydrogen (secondary N) is 2. The highest BCUT2D eigenvalue weighted by Crippen LogP contribution is 2.26. The molecule has 0 aromatic rings. The summed E-state index contributed by atoms with van der Waals surface area (Å²) in [5.41, 5.74) is -0.764. The summed E-state index contributed by atoms with van der Waals surface area (Å²) in [5, 5.41) is 7.12. The Morgan fingerprint density at radius 3 is 2.42 bits per heavy atom. The second-order valence-electron chi connectivity index (χ2n) is 6.86. The molecule has 1 aliphatic rings. The van der Waals surface area contributed by atoms with Crippen molar-refractivity contribution >= 4 is 17.9 Å². The van der Waals surface area contributed by atoms with Gasteiger partial charge in [-0.15, -0.1) is 0 Å². The molecule has 1 amide bonds. The maximum Gasteiger partial charge on any atom is 0.408 e. The predicted octanol–water partition coefficient (Wildman–Crippen LogP) is 2.77. The molecule has 0 spiro atoms. The summed E-state index contributed by atoms with van der Waals surface area (Å²) in [6.07, 6.45) is 0.849. The molecular formula is C14H28N2O2S. The molecule has 0 aromatic carbocycles. The molecule has 0 bridgehead atoms. The molecule has 1 heterocycles. The SMILES string of the molecule is CC1SCCC1NCC(C)(C)NC(=O)OC(C)(C)C. The van der Waals surface area contributed by atoms with Crippen LogP contribution in [0.5, 0.6) is 0 Å². The number of thioether (sulfide) groups is 1. The van der Waals surface area contributed by atoms with Crippen LogP contribution in [0.25, 0.3) is 0 Å². The number of hydrogen-bond acceptors (Lipinski definition) is 4. The summed E-state index contributed by atoms with van der Waals surface area (Å²) in [6, 6.07) is 0.546. The fourth-order valence-electron chi connectivity index (χ4n) is 2.01. The van der Waals surface area contributed by atoms with Gasteiger partial charge in [-0.3, -0.25) is 0 Å². The van der Waals surface area contributed by atoms with Gasteiger partial charge in [0.1, 0.15) is 5.60 Å². The van der Waals surface area contributed by atoms with Gasteiger partial charge in [-0.1, -0.05) is 6.92 Å². The van der Waals surface area contributed by atoms with Crippen molar-refractivity contribution in [2.75, 3.05) is 12.3 Å². The second kappa shape index (κ2) is 6.35. The van der Waals surface area contributed by atoms with E-state index in [1.807, 2.05) is 46.4 Å². The van der Waals surface area contributed by atoms with Crippen molar-refractivity contribution in [3.05, 3.63) is 0 Å². The van der Waals surface area contributed by atoms with E-state index in [2.05, 4.69) is 17.6 Å². The monoisotopic (exact) mass is 288 g/mol. The summed E-state index contributed by atoms with van der Waals surface area (Å²) in [6.45, 7) is 12.6. The lowest BCUT2D eigenvalue weighted by Crippen LogP contribution is -2.53. The van der Waals surface area contributed by atoms with Crippen LogP contribution in [0.1, 0.15) is 48.0 Å². The minimum atomic E-state index is -0.454. The van der Waals surface area contributed by atoms with E-state index in [1.54, 1.807) is 0 Å². The Bertz CT molecular complexity index is 313. The molecule has 2 unspecified atom stereocenters. The molecule has 0 aliphatic carbocycles. The number of carbonyl (C=O) groups is 1. The molecule has 1 saturated heterocycles. The largest absolute Gasteiger partial charge is 0.444 e. The van der Waals surface area contributed by atoms with Crippen LogP contribution < -0.4 is 10.6 Å². The highest BCUT2D eigenvalue weighted by atomic mass is 32.2. The quantitative estimate of drug-likeness (QED) is 0.835. The molecule has 0 radical (unpaired) electrons. The number of carbonyl (C=O) groups excluding carboxylic acids is 1. The number of ether oxygens (including phenoxy) is 1. The minimum absolute atomic E-state index is 0.310. The van der Waals surface area contributed by atoms with Gasteiger partial charge in [0.05, 0.1) is 5.54 Å². The van der Waals surface area contributed by atoms with Crippen molar-refractivity contribution in [1.82, 2.24) is 10.6 Å². The average molecular weight is 288 g/mol. The van der Waals surface area contributed by atoms with E-state index >= 15 is 0 Å². The topological polar surface area (TPSA) is 50.4 Å². The normalized spacial score (nSPS) is 24.3. The van der Waals surface area contributed by atoms with Gasteiger partial charge in [0, 0.05) is 17.8 Å². The van der Waals surface area contributed by atoms with Gasteiger partial charge in [-0.25, -0.2) is 4.79 Å². The number of rotatable bonds is 4. The first-order valence-corrected chi connectivity index (χ1v) is 8.00. The summed E-state index contributed by atoms with van der Waals surface area (Å²) < 4.78 is 5.28. The predicted molar refractivity (Wildman–Crippen MR) is 81.8 cm³/mol. The Morgan fingerprint density at radius 2 is 1.95 bits per heavy atom. The molecule has 0 saturated carbocycles. The van der Waals surface area contributed by atoms with Crippen LogP contribution in [0, 0.1) is 0 Å². The summed E-state index contributed by atoms with van der Waals surface area (Å²) >= 11 is 2.00. The third kappa shape index (κ3) is 6.52. The lowest BCUT2D eigenvalue weighted by atomic mass is 10.0. The molecule has 2 N–H and O–H groups in total. The van der Waals surface area contributed by atoms with E-state index in [-0.39, 0.29) is 11.6 Å². The van der Waals surface area contributed by atoms with E-state index in [0.29, 0.717) is 11.3 Å². The molecule has 2 atom stereocenters. The molecule has 4 nitrogen and oxygen atoms in total. The zero-order valence-electron chi connectivity index (χ0n) is 13.0. The Kier molecular flexibility index (Phi) is 5.56. The van der Waals surface area contributed by atoms with Crippen LogP contribution in [-0.2, 0) is 4.74 Å². The van der Waals surface area contributed by atoms with Crippen molar-refractivity contribution < 1.29 is 9.53 Å². The van der Waals surface area contributed by atoms with Crippen molar-refractivity contribution in [2.45, 2.75) is 70.4 Å². The third-order valence-electron chi connectivity index (χ3n) is 3.02. The molecule has 1 rings (SSSR count). The fourth-order valence-corrected chi connectivity index (χ4v) is 3.24. The number of amides is 1. The summed E-state index contributed by atoms with van der Waals surface area (Å²) in [5.74, 6) is 1.22. The van der Waals surface area contributed by atoms with E-state index < -0.39 is 5.60 Å². The second-order valence-corrected chi connectivity index (χ2v) is 8.35. The number of hydrogen-bond donors (Lipinski definition) is 2. The first kappa shape index (κ1) is 16.6. The standard InChI is InChI=1S/C14H28N2O2S/c1-10-11(7-8-19-10)15-9-14(5,6)16-12(17)18-13(2,3)4/h10-11,15H,7-9H2,1-6H3,(H,16,17). The molecule has 112 valence electrons. The first-order valence-electron chi connectivity index (χ1n) is 6.95. The van der Waals surface area contributed by atoms with Crippen LogP contribution in [0.3, 0.4) is 0 Å². The van der Waals surface area contributed by atoms with Crippen molar-refractivity contribution in [3.63, 3.8) is 0 Å². The van der Waals surface area contributed by atoms with Gasteiger partial charge < -0.3 is 15.4 Å². The summed E-state index contributed by atoms with van der Waals surface area (Å²) in [4.78, 5) is 11.8. The highest BCUT2D eigenvalue weighted by Gasteiger charge is 2.28. The zero-order chi connectivity index (χ0) is 14.7. The van der Waals surface area contributed by atoms with E-state index in [0.717, 1.165) is 6.54 Å². The third-order valence-corrected chi connectivity index (χ3v) is 4.35. The first-order chi connectivity index (χ1) is 8.59. The van der Waals surface area contributed by atoms with Gasteiger partial charge in [-0.2, -0.15) is 11.8 Å². The Morgan fingerprint density at radius 1 is 1.32 bits per heavy atom. The van der Waals surface area contributed by atoms with Gasteiger partial charge in [-0.05, 0) is 46.8 Å². The van der Waals surface area contributed by atoms with Crippen LogP contribution in [0.2, 0.25) is 0 Å². The lowest BCUT2D eigenvalue weighted by molar-refractivity contribution is 0.0471. The van der Waals surface area contributed by atoms with Gasteiger partial charge >= 0.3 is 6.09 Å². The van der Waals surface area contributed by atoms with Crippen LogP contribution in [0.15, 0.2) is 0 Å². The Balaban J connectivity index is 2.36. The van der Waals surface area contributed by atoms with Crippen molar-refractivity contribution in [3.8, 4) is 0 Å². The smallest absolute Gasteiger partial charge is 0.408 e. The summed E-state index contributed by atoms with van der Waals surface area (Å²) in [7, 11) is 0. The maximum absolute atomic E-state index is 11.8. The van der Waals surface area contributed by atoms with Gasteiger partial charge in [0.15, 0.2) is 0 Å². The van der Waals surface area contributed by atoms with Crippen LogP contribution in [0.4, 0.5) is 4.79 Å². The molecule has 0 aromatic heterocycles. The van der Waals surface area contributed by atoms with Gasteiger partial charge in [0.25, 0.3) is 0 Å². The lowest BCUT2D eigenvalue weighted by Gasteiger charge is -2.30. The molecule has 19 heavy (non-hydrogen) atoms. The molecule has 5 heteroatoms. The zero-order valence-corrected chi connectivity index (χ0v) is 13.8. The minimum Gasteiger partial charge on any atom is -0.444 e. The van der Waals surface area contributed by atoms with Gasteiger partial charge in [0.2, 0.25) is 0 Å². The average Bonchev–Trinajstić information content (AvgIpc) is 2.57. The number of alkyl carbamates (subject to hydrolysis) is 1. The van der Waals surface area contributed by atoms with Crippen molar-refractivity contribution in [2.24, 2.45) is 0 Å². The molecule has 1 fully saturated rings. The van der Waals surface area contributed by atoms with E-state index in [1.165, 1.54) is 12.2 Å². The Labute approximate surface area is 121 Å². The fraction of sp³-hybridized carbons (Fsp3) is 0.929. The maximum atomic E-state index is 11.8. The Hall–Kier alpha value is -0.420. The molecule has 1 aliphatic heterocycles. The van der Waals surface area contributed by atoms with Crippen LogP contribution >= 0.6 is 11.8 Å². The van der Waals surface area contributed by atoms with E-state index in [4.69, 9.17) is 4.74 Å².